The predicted octanol–water partition coefficient (Wildman–Crippen LogP) is 5.77. The van der Waals surface area contributed by atoms with E-state index >= 15 is 0 Å². The van der Waals surface area contributed by atoms with Crippen molar-refractivity contribution in [2.75, 3.05) is 0 Å². The molecule has 0 aliphatic carbocycles. The summed E-state index contributed by atoms with van der Waals surface area (Å²) in [4.78, 5) is 17.0. The van der Waals surface area contributed by atoms with Crippen LogP contribution in [0.3, 0.4) is 0 Å². The molecule has 0 saturated carbocycles. The number of aromatic nitrogens is 1. The van der Waals surface area contributed by atoms with Crippen LogP contribution in [0.1, 0.15) is 40.8 Å². The number of oxazole rings is 1. The van der Waals surface area contributed by atoms with Crippen molar-refractivity contribution in [2.45, 2.75) is 43.7 Å². The van der Waals surface area contributed by atoms with Gasteiger partial charge >= 0.3 is 0 Å². The van der Waals surface area contributed by atoms with Gasteiger partial charge in [-0.15, -0.1) is 0 Å². The predicted molar refractivity (Wildman–Crippen MR) is 119 cm³/mol. The molecule has 30 heavy (non-hydrogen) atoms. The van der Waals surface area contributed by atoms with Crippen molar-refractivity contribution in [2.24, 2.45) is 0 Å². The largest absolute Gasteiger partial charge is 0.455 e. The molecular formula is C24H24N2O3S. The van der Waals surface area contributed by atoms with Crippen LogP contribution in [-0.4, -0.2) is 16.9 Å². The summed E-state index contributed by atoms with van der Waals surface area (Å²) in [5.41, 5.74) is 4.03. The summed E-state index contributed by atoms with van der Waals surface area (Å²) >= 11 is 1.45. The van der Waals surface area contributed by atoms with Crippen LogP contribution in [0.5, 0.6) is 0 Å². The molecule has 1 N–H and O–H groups in total. The topological polar surface area (TPSA) is 68.3 Å². The lowest BCUT2D eigenvalue weighted by Gasteiger charge is -2.12. The summed E-state index contributed by atoms with van der Waals surface area (Å²) in [6.45, 7) is 4.04. The van der Waals surface area contributed by atoms with E-state index in [0.717, 1.165) is 29.5 Å². The molecule has 0 spiro atoms. The van der Waals surface area contributed by atoms with E-state index in [9.17, 15) is 4.79 Å². The van der Waals surface area contributed by atoms with E-state index < -0.39 is 0 Å². The Kier molecular flexibility index (Phi) is 6.23. The van der Waals surface area contributed by atoms with Crippen molar-refractivity contribution in [3.63, 3.8) is 0 Å². The molecule has 4 rings (SSSR count). The van der Waals surface area contributed by atoms with Gasteiger partial charge in [0.1, 0.15) is 11.3 Å². The minimum atomic E-state index is -0.191. The van der Waals surface area contributed by atoms with Gasteiger partial charge in [-0.3, -0.25) is 4.79 Å². The smallest absolute Gasteiger partial charge is 0.287 e. The normalized spacial score (nSPS) is 12.2. The molecule has 154 valence electrons. The Bertz CT molecular complexity index is 1130. The zero-order valence-electron chi connectivity index (χ0n) is 17.1. The average Bonchev–Trinajstić information content (AvgIpc) is 3.38. The maximum absolute atomic E-state index is 12.5. The second kappa shape index (κ2) is 9.22. The number of nitrogens with one attached hydrogen (secondary N) is 1. The van der Waals surface area contributed by atoms with E-state index in [-0.39, 0.29) is 11.9 Å². The minimum Gasteiger partial charge on any atom is -0.455 e. The number of amides is 1. The van der Waals surface area contributed by atoms with Gasteiger partial charge in [0.15, 0.2) is 11.3 Å². The van der Waals surface area contributed by atoms with Gasteiger partial charge in [-0.25, -0.2) is 4.98 Å². The molecule has 2 heterocycles. The van der Waals surface area contributed by atoms with Gasteiger partial charge in [-0.05, 0) is 62.1 Å². The molecule has 0 saturated heterocycles. The Balaban J connectivity index is 1.28. The Hall–Kier alpha value is -2.99. The molecule has 1 atom stereocenters. The van der Waals surface area contributed by atoms with Crippen LogP contribution in [0.15, 0.2) is 74.7 Å². The standard InChI is InChI=1S/C24H24N2O3S/c1-16-8-12-21-20(14-16)26-24(29-21)30-15-19-11-13-22(28-19)23(27)25-17(2)9-10-18-6-4-3-5-7-18/h3-8,11-14,17H,9-10,15H2,1-2H3,(H,25,27)/t17-/m0/s1. The molecule has 4 aromatic rings. The summed E-state index contributed by atoms with van der Waals surface area (Å²) in [6, 6.07) is 19.8. The van der Waals surface area contributed by atoms with Crippen molar-refractivity contribution in [1.82, 2.24) is 10.3 Å². The highest BCUT2D eigenvalue weighted by molar-refractivity contribution is 7.98. The van der Waals surface area contributed by atoms with Crippen molar-refractivity contribution in [3.8, 4) is 0 Å². The maximum Gasteiger partial charge on any atom is 0.287 e. The third-order valence-electron chi connectivity index (χ3n) is 4.83. The van der Waals surface area contributed by atoms with Crippen LogP contribution >= 0.6 is 11.8 Å². The van der Waals surface area contributed by atoms with Gasteiger partial charge in [0, 0.05) is 6.04 Å². The number of hydrogen-bond donors (Lipinski definition) is 1. The second-order valence-corrected chi connectivity index (χ2v) is 8.33. The number of aryl methyl sites for hydroxylation is 2. The first kappa shape index (κ1) is 20.3. The van der Waals surface area contributed by atoms with Crippen LogP contribution in [0.4, 0.5) is 0 Å². The van der Waals surface area contributed by atoms with Crippen LogP contribution in [-0.2, 0) is 12.2 Å². The Morgan fingerprint density at radius 2 is 1.93 bits per heavy atom. The quantitative estimate of drug-likeness (QED) is 0.366. The first-order chi connectivity index (χ1) is 14.6. The second-order valence-electron chi connectivity index (χ2n) is 7.40. The number of fused-ring (bicyclic) bond motifs is 1. The lowest BCUT2D eigenvalue weighted by Crippen LogP contribution is -2.32. The van der Waals surface area contributed by atoms with Gasteiger partial charge in [-0.1, -0.05) is 48.2 Å². The fraction of sp³-hybridized carbons (Fsp3) is 0.250. The number of carbonyl (C=O) groups excluding carboxylic acids is 1. The summed E-state index contributed by atoms with van der Waals surface area (Å²) in [5.74, 6) is 1.39. The number of benzene rings is 2. The van der Waals surface area contributed by atoms with Crippen LogP contribution in [0, 0.1) is 6.92 Å². The van der Waals surface area contributed by atoms with Gasteiger partial charge < -0.3 is 14.2 Å². The molecule has 0 aliphatic rings. The zero-order chi connectivity index (χ0) is 20.9. The van der Waals surface area contributed by atoms with Gasteiger partial charge in [0.05, 0.1) is 5.75 Å². The molecule has 6 heteroatoms. The van der Waals surface area contributed by atoms with Crippen molar-refractivity contribution in [3.05, 3.63) is 83.3 Å². The Labute approximate surface area is 179 Å². The van der Waals surface area contributed by atoms with E-state index in [1.807, 2.05) is 56.3 Å². The zero-order valence-corrected chi connectivity index (χ0v) is 17.9. The third kappa shape index (κ3) is 5.13. The molecule has 0 unspecified atom stereocenters. The highest BCUT2D eigenvalue weighted by atomic mass is 32.2. The van der Waals surface area contributed by atoms with Crippen LogP contribution in [0.2, 0.25) is 0 Å². The summed E-state index contributed by atoms with van der Waals surface area (Å²) in [5, 5.41) is 3.60. The summed E-state index contributed by atoms with van der Waals surface area (Å²) in [7, 11) is 0. The number of furan rings is 1. The summed E-state index contributed by atoms with van der Waals surface area (Å²) < 4.78 is 11.5. The van der Waals surface area contributed by atoms with E-state index in [4.69, 9.17) is 8.83 Å². The fourth-order valence-electron chi connectivity index (χ4n) is 3.18. The Morgan fingerprint density at radius 3 is 2.77 bits per heavy atom. The molecule has 0 fully saturated rings. The third-order valence-corrected chi connectivity index (χ3v) is 5.68. The van der Waals surface area contributed by atoms with Crippen LogP contribution in [0.25, 0.3) is 11.1 Å². The molecule has 2 aromatic heterocycles. The molecule has 0 bridgehead atoms. The highest BCUT2D eigenvalue weighted by Crippen LogP contribution is 2.27. The first-order valence-electron chi connectivity index (χ1n) is 10.0. The molecular weight excluding hydrogens is 396 g/mol. The number of hydrogen-bond acceptors (Lipinski definition) is 5. The lowest BCUT2D eigenvalue weighted by molar-refractivity contribution is 0.0909. The minimum absolute atomic E-state index is 0.0591. The van der Waals surface area contributed by atoms with Gasteiger partial charge in [0.25, 0.3) is 11.1 Å². The monoisotopic (exact) mass is 420 g/mol. The van der Waals surface area contributed by atoms with Gasteiger partial charge in [0.2, 0.25) is 0 Å². The number of nitrogens with zero attached hydrogens (tertiary/aromatic N) is 1. The van der Waals surface area contributed by atoms with E-state index in [2.05, 4.69) is 22.4 Å². The molecule has 0 aliphatic heterocycles. The molecule has 0 radical (unpaired) electrons. The maximum atomic E-state index is 12.5. The Morgan fingerprint density at radius 1 is 1.10 bits per heavy atom. The molecule has 2 aromatic carbocycles. The first-order valence-corrected chi connectivity index (χ1v) is 11.0. The SMILES string of the molecule is Cc1ccc2oc(SCc3ccc(C(=O)N[C@@H](C)CCc4ccccc4)o3)nc2c1. The average molecular weight is 421 g/mol. The highest BCUT2D eigenvalue weighted by Gasteiger charge is 2.15. The number of thioether (sulfide) groups is 1. The molecule has 1 amide bonds. The van der Waals surface area contributed by atoms with E-state index in [1.165, 1.54) is 17.3 Å². The van der Waals surface area contributed by atoms with Crippen LogP contribution < -0.4 is 5.32 Å². The van der Waals surface area contributed by atoms with Crippen molar-refractivity contribution < 1.29 is 13.6 Å². The lowest BCUT2D eigenvalue weighted by atomic mass is 10.1. The number of rotatable bonds is 8. The molecule has 5 nitrogen and oxygen atoms in total. The number of carbonyl (C=O) groups is 1. The van der Waals surface area contributed by atoms with Crippen molar-refractivity contribution >= 4 is 28.8 Å². The summed E-state index contributed by atoms with van der Waals surface area (Å²) in [6.07, 6.45) is 1.79. The van der Waals surface area contributed by atoms with E-state index in [0.29, 0.717) is 22.5 Å². The van der Waals surface area contributed by atoms with Gasteiger partial charge in [-0.2, -0.15) is 0 Å². The van der Waals surface area contributed by atoms with E-state index in [1.54, 1.807) is 6.07 Å². The van der Waals surface area contributed by atoms with Crippen molar-refractivity contribution in [1.29, 1.82) is 0 Å². The fourth-order valence-corrected chi connectivity index (χ4v) is 3.92.